The van der Waals surface area contributed by atoms with Gasteiger partial charge in [0.05, 0.1) is 17.5 Å². The molecule has 2 heterocycles. The van der Waals surface area contributed by atoms with E-state index in [1.54, 1.807) is 18.2 Å². The van der Waals surface area contributed by atoms with Crippen LogP contribution in [0.4, 0.5) is 5.69 Å². The first-order chi connectivity index (χ1) is 11.5. The van der Waals surface area contributed by atoms with Crippen LogP contribution < -0.4 is 9.62 Å². The van der Waals surface area contributed by atoms with Crippen molar-refractivity contribution in [1.82, 2.24) is 5.32 Å². The van der Waals surface area contributed by atoms with Gasteiger partial charge >= 0.3 is 0 Å². The van der Waals surface area contributed by atoms with E-state index in [0.717, 1.165) is 31.4 Å². The number of nitrogens with one attached hydrogen (secondary N) is 1. The molecular formula is C17H24N2O4S. The normalized spacial score (nSPS) is 23.2. The third kappa shape index (κ3) is 3.72. The molecular weight excluding hydrogens is 328 g/mol. The summed E-state index contributed by atoms with van der Waals surface area (Å²) in [5, 5.41) is 2.89. The molecule has 0 bridgehead atoms. The third-order valence-electron chi connectivity index (χ3n) is 4.59. The smallest absolute Gasteiger partial charge is 0.251 e. The molecule has 0 spiro atoms. The predicted octanol–water partition coefficient (Wildman–Crippen LogP) is 1.83. The van der Waals surface area contributed by atoms with Crippen LogP contribution in [0.2, 0.25) is 0 Å². The molecule has 0 aliphatic carbocycles. The van der Waals surface area contributed by atoms with E-state index in [4.69, 9.17) is 4.74 Å². The van der Waals surface area contributed by atoms with E-state index < -0.39 is 10.0 Å². The Morgan fingerprint density at radius 2 is 2.17 bits per heavy atom. The second-order valence-corrected chi connectivity index (χ2v) is 8.45. The molecule has 3 rings (SSSR count). The molecule has 1 aromatic rings. The summed E-state index contributed by atoms with van der Waals surface area (Å²) < 4.78 is 31.4. The van der Waals surface area contributed by atoms with Crippen molar-refractivity contribution in [3.8, 4) is 0 Å². The Labute approximate surface area is 143 Å². The van der Waals surface area contributed by atoms with Gasteiger partial charge in [0, 0.05) is 25.3 Å². The number of carbonyl (C=O) groups excluding carboxylic acids is 1. The fraction of sp³-hybridized carbons (Fsp3) is 0.588. The van der Waals surface area contributed by atoms with Crippen molar-refractivity contribution in [3.05, 3.63) is 29.3 Å². The molecule has 1 aromatic carbocycles. The minimum atomic E-state index is -3.24. The zero-order chi connectivity index (χ0) is 17.2. The number of sulfonamides is 1. The fourth-order valence-corrected chi connectivity index (χ4v) is 4.95. The van der Waals surface area contributed by atoms with Gasteiger partial charge in [-0.15, -0.1) is 0 Å². The van der Waals surface area contributed by atoms with Crippen molar-refractivity contribution >= 4 is 21.6 Å². The molecule has 24 heavy (non-hydrogen) atoms. The molecule has 2 aliphatic heterocycles. The zero-order valence-corrected chi connectivity index (χ0v) is 14.8. The second-order valence-electron chi connectivity index (χ2n) is 6.44. The van der Waals surface area contributed by atoms with E-state index >= 15 is 0 Å². The number of benzene rings is 1. The Morgan fingerprint density at radius 3 is 2.83 bits per heavy atom. The maximum absolute atomic E-state index is 12.3. The van der Waals surface area contributed by atoms with Gasteiger partial charge in [0.25, 0.3) is 5.91 Å². The molecule has 0 saturated carbocycles. The van der Waals surface area contributed by atoms with Crippen LogP contribution in [0.25, 0.3) is 0 Å². The van der Waals surface area contributed by atoms with Crippen molar-refractivity contribution in [3.63, 3.8) is 0 Å². The van der Waals surface area contributed by atoms with Gasteiger partial charge in [0.15, 0.2) is 0 Å². The number of anilines is 1. The quantitative estimate of drug-likeness (QED) is 0.897. The summed E-state index contributed by atoms with van der Waals surface area (Å²) in [5.74, 6) is 0.0393. The summed E-state index contributed by atoms with van der Waals surface area (Å²) in [6, 6.07) is 5.18. The van der Waals surface area contributed by atoms with Gasteiger partial charge in [-0.3, -0.25) is 9.10 Å². The first kappa shape index (κ1) is 17.2. The number of hydrogen-bond donors (Lipinski definition) is 1. The summed E-state index contributed by atoms with van der Waals surface area (Å²) >= 11 is 0. The van der Waals surface area contributed by atoms with Crippen molar-refractivity contribution in [2.75, 3.05) is 29.8 Å². The number of hydrogen-bond acceptors (Lipinski definition) is 4. The molecule has 1 N–H and O–H groups in total. The van der Waals surface area contributed by atoms with E-state index in [1.165, 1.54) is 4.31 Å². The van der Waals surface area contributed by atoms with Gasteiger partial charge in [-0.2, -0.15) is 0 Å². The van der Waals surface area contributed by atoms with Crippen LogP contribution in [0, 0.1) is 6.92 Å². The fourth-order valence-electron chi connectivity index (χ4n) is 3.25. The lowest BCUT2D eigenvalue weighted by atomic mass is 10.1. The lowest BCUT2D eigenvalue weighted by Gasteiger charge is -2.29. The maximum atomic E-state index is 12.3. The van der Waals surface area contributed by atoms with Crippen LogP contribution in [-0.2, 0) is 14.8 Å². The molecule has 2 fully saturated rings. The summed E-state index contributed by atoms with van der Waals surface area (Å²) in [5.41, 5.74) is 2.01. The number of ether oxygens (including phenoxy) is 1. The average Bonchev–Trinajstić information content (AvgIpc) is 3.06. The SMILES string of the molecule is Cc1cc(C(=O)NC[C@@H]2CCCO2)ccc1N1CCCCS1(=O)=O. The first-order valence-corrected chi connectivity index (χ1v) is 10.1. The molecule has 0 unspecified atom stereocenters. The van der Waals surface area contributed by atoms with Gasteiger partial charge in [0.1, 0.15) is 0 Å². The van der Waals surface area contributed by atoms with Crippen molar-refractivity contribution in [2.24, 2.45) is 0 Å². The number of nitrogens with zero attached hydrogens (tertiary/aromatic N) is 1. The molecule has 6 nitrogen and oxygen atoms in total. The summed E-state index contributed by atoms with van der Waals surface area (Å²) in [6.07, 6.45) is 3.70. The van der Waals surface area contributed by atoms with Crippen molar-refractivity contribution in [2.45, 2.75) is 38.7 Å². The molecule has 2 aliphatic rings. The van der Waals surface area contributed by atoms with Crippen molar-refractivity contribution in [1.29, 1.82) is 0 Å². The highest BCUT2D eigenvalue weighted by molar-refractivity contribution is 7.92. The van der Waals surface area contributed by atoms with E-state index in [-0.39, 0.29) is 17.8 Å². The Bertz CT molecular complexity index is 711. The molecule has 1 atom stereocenters. The third-order valence-corrected chi connectivity index (χ3v) is 6.45. The highest BCUT2D eigenvalue weighted by Gasteiger charge is 2.27. The predicted molar refractivity (Wildman–Crippen MR) is 92.9 cm³/mol. The first-order valence-electron chi connectivity index (χ1n) is 8.48. The minimum absolute atomic E-state index is 0.104. The Kier molecular flexibility index (Phi) is 5.10. The summed E-state index contributed by atoms with van der Waals surface area (Å²) in [4.78, 5) is 12.3. The zero-order valence-electron chi connectivity index (χ0n) is 14.0. The number of carbonyl (C=O) groups is 1. The van der Waals surface area contributed by atoms with Gasteiger partial charge in [0.2, 0.25) is 10.0 Å². The monoisotopic (exact) mass is 352 g/mol. The number of aryl methyl sites for hydroxylation is 1. The highest BCUT2D eigenvalue weighted by Crippen LogP contribution is 2.27. The van der Waals surface area contributed by atoms with E-state index in [9.17, 15) is 13.2 Å². The molecule has 7 heteroatoms. The molecule has 1 amide bonds. The van der Waals surface area contributed by atoms with E-state index in [1.807, 2.05) is 6.92 Å². The van der Waals surface area contributed by atoms with Crippen LogP contribution in [0.1, 0.15) is 41.6 Å². The molecule has 132 valence electrons. The summed E-state index contributed by atoms with van der Waals surface area (Å²) in [6.45, 7) is 3.63. The molecule has 0 radical (unpaired) electrons. The van der Waals surface area contributed by atoms with Gasteiger partial charge in [-0.05, 0) is 56.4 Å². The van der Waals surface area contributed by atoms with Crippen LogP contribution in [-0.4, -0.2) is 45.9 Å². The lowest BCUT2D eigenvalue weighted by molar-refractivity contribution is 0.0857. The minimum Gasteiger partial charge on any atom is -0.376 e. The Hall–Kier alpha value is -1.60. The van der Waals surface area contributed by atoms with Crippen LogP contribution in [0.3, 0.4) is 0 Å². The number of amides is 1. The van der Waals surface area contributed by atoms with Gasteiger partial charge < -0.3 is 10.1 Å². The van der Waals surface area contributed by atoms with Gasteiger partial charge in [-0.1, -0.05) is 0 Å². The van der Waals surface area contributed by atoms with Crippen molar-refractivity contribution < 1.29 is 17.9 Å². The largest absolute Gasteiger partial charge is 0.376 e. The summed E-state index contributed by atoms with van der Waals surface area (Å²) in [7, 11) is -3.24. The highest BCUT2D eigenvalue weighted by atomic mass is 32.2. The van der Waals surface area contributed by atoms with Crippen LogP contribution >= 0.6 is 0 Å². The van der Waals surface area contributed by atoms with E-state index in [0.29, 0.717) is 30.8 Å². The molecule has 0 aromatic heterocycles. The van der Waals surface area contributed by atoms with Gasteiger partial charge in [-0.25, -0.2) is 8.42 Å². The average molecular weight is 352 g/mol. The molecule has 2 saturated heterocycles. The second kappa shape index (κ2) is 7.11. The Morgan fingerprint density at radius 1 is 1.33 bits per heavy atom. The maximum Gasteiger partial charge on any atom is 0.251 e. The standard InChI is InChI=1S/C17H24N2O4S/c1-13-11-14(17(20)18-12-15-5-4-9-23-15)6-7-16(13)19-8-2-3-10-24(19,21)22/h6-7,11,15H,2-5,8-10,12H2,1H3,(H,18,20)/t15-/m0/s1. The van der Waals surface area contributed by atoms with Crippen LogP contribution in [0.5, 0.6) is 0 Å². The lowest BCUT2D eigenvalue weighted by Crippen LogP contribution is -2.38. The number of rotatable bonds is 4. The van der Waals surface area contributed by atoms with Crippen LogP contribution in [0.15, 0.2) is 18.2 Å². The topological polar surface area (TPSA) is 75.7 Å². The van der Waals surface area contributed by atoms with E-state index in [2.05, 4.69) is 5.32 Å². The Balaban J connectivity index is 1.70.